The van der Waals surface area contributed by atoms with Gasteiger partial charge in [0.05, 0.1) is 10.6 Å². The predicted octanol–water partition coefficient (Wildman–Crippen LogP) is 4.13. The Bertz CT molecular complexity index is 794. The topological polar surface area (TPSA) is 58.6 Å². The van der Waals surface area contributed by atoms with Gasteiger partial charge < -0.3 is 0 Å². The average molecular weight is 329 g/mol. The Morgan fingerprint density at radius 2 is 2.18 bits per heavy atom. The van der Waals surface area contributed by atoms with Crippen molar-refractivity contribution in [2.45, 2.75) is 19.0 Å². The molecule has 0 fully saturated rings. The molecule has 6 heteroatoms. The van der Waals surface area contributed by atoms with Crippen molar-refractivity contribution in [1.29, 1.82) is 0 Å². The number of thioether (sulfide) groups is 1. The van der Waals surface area contributed by atoms with E-state index in [1.807, 2.05) is 49.6 Å². The molecule has 0 amide bonds. The molecule has 0 bridgehead atoms. The minimum absolute atomic E-state index is 0.102. The standard InChI is InChI=1S/C16H15N3OS2/c1-10-5-6-12(11(2)8-10)13(20)9-22-16-17-15(18-19-16)14-4-3-7-21-14/h3-8H,9H2,1-2H3,(H,17,18,19). The number of nitrogens with one attached hydrogen (secondary N) is 1. The molecule has 4 nitrogen and oxygen atoms in total. The van der Waals surface area contributed by atoms with Crippen LogP contribution in [-0.2, 0) is 0 Å². The van der Waals surface area contributed by atoms with E-state index in [4.69, 9.17) is 0 Å². The fourth-order valence-corrected chi connectivity index (χ4v) is 3.51. The zero-order valence-electron chi connectivity index (χ0n) is 12.3. The number of benzene rings is 1. The van der Waals surface area contributed by atoms with Crippen LogP contribution in [0, 0.1) is 13.8 Å². The number of nitrogens with zero attached hydrogens (tertiary/aromatic N) is 2. The number of hydrogen-bond acceptors (Lipinski definition) is 5. The van der Waals surface area contributed by atoms with Crippen LogP contribution in [0.1, 0.15) is 21.5 Å². The third-order valence-electron chi connectivity index (χ3n) is 3.23. The normalized spacial score (nSPS) is 10.8. The third-order valence-corrected chi connectivity index (χ3v) is 4.96. The zero-order chi connectivity index (χ0) is 15.5. The summed E-state index contributed by atoms with van der Waals surface area (Å²) in [5.41, 5.74) is 2.95. The maximum Gasteiger partial charge on any atom is 0.209 e. The van der Waals surface area contributed by atoms with Crippen LogP contribution in [0.2, 0.25) is 0 Å². The predicted molar refractivity (Wildman–Crippen MR) is 90.7 cm³/mol. The lowest BCUT2D eigenvalue weighted by atomic mass is 10.0. The Morgan fingerprint density at radius 1 is 1.32 bits per heavy atom. The summed E-state index contributed by atoms with van der Waals surface area (Å²) in [6.07, 6.45) is 0. The highest BCUT2D eigenvalue weighted by Gasteiger charge is 2.12. The number of hydrogen-bond donors (Lipinski definition) is 1. The van der Waals surface area contributed by atoms with E-state index in [0.29, 0.717) is 10.9 Å². The lowest BCUT2D eigenvalue weighted by molar-refractivity contribution is 0.102. The zero-order valence-corrected chi connectivity index (χ0v) is 13.9. The van der Waals surface area contributed by atoms with Crippen LogP contribution in [0.15, 0.2) is 40.9 Å². The molecule has 22 heavy (non-hydrogen) atoms. The minimum atomic E-state index is 0.102. The molecule has 1 N–H and O–H groups in total. The highest BCUT2D eigenvalue weighted by Crippen LogP contribution is 2.24. The molecule has 3 rings (SSSR count). The van der Waals surface area contributed by atoms with Crippen molar-refractivity contribution in [3.05, 3.63) is 52.4 Å². The van der Waals surface area contributed by atoms with Gasteiger partial charge in [-0.25, -0.2) is 4.98 Å². The first-order chi connectivity index (χ1) is 10.6. The number of H-pyrrole nitrogens is 1. The molecule has 3 aromatic rings. The van der Waals surface area contributed by atoms with Crippen LogP contribution in [0.3, 0.4) is 0 Å². The second-order valence-electron chi connectivity index (χ2n) is 4.97. The number of aromatic amines is 1. The summed E-state index contributed by atoms with van der Waals surface area (Å²) in [6, 6.07) is 9.84. The van der Waals surface area contributed by atoms with Crippen molar-refractivity contribution in [1.82, 2.24) is 15.2 Å². The molecule has 0 radical (unpaired) electrons. The molecule has 0 saturated carbocycles. The second kappa shape index (κ2) is 6.46. The monoisotopic (exact) mass is 329 g/mol. The first-order valence-corrected chi connectivity index (χ1v) is 8.69. The van der Waals surface area contributed by atoms with Gasteiger partial charge in [-0.05, 0) is 30.9 Å². The molecule has 0 atom stereocenters. The summed E-state index contributed by atoms with van der Waals surface area (Å²) in [4.78, 5) is 17.8. The van der Waals surface area contributed by atoms with Crippen LogP contribution in [0.5, 0.6) is 0 Å². The molecule has 2 aromatic heterocycles. The maximum atomic E-state index is 12.3. The quantitative estimate of drug-likeness (QED) is 0.565. The van der Waals surface area contributed by atoms with Gasteiger partial charge in [0, 0.05) is 5.56 Å². The van der Waals surface area contributed by atoms with E-state index < -0.39 is 0 Å². The first kappa shape index (κ1) is 15.0. The summed E-state index contributed by atoms with van der Waals surface area (Å²) < 4.78 is 0. The van der Waals surface area contributed by atoms with Gasteiger partial charge in [0.2, 0.25) is 5.16 Å². The minimum Gasteiger partial charge on any atom is -0.293 e. The van der Waals surface area contributed by atoms with E-state index in [0.717, 1.165) is 27.4 Å². The fourth-order valence-electron chi connectivity index (χ4n) is 2.17. The largest absolute Gasteiger partial charge is 0.293 e. The summed E-state index contributed by atoms with van der Waals surface area (Å²) in [7, 11) is 0. The van der Waals surface area contributed by atoms with Crippen molar-refractivity contribution in [3.8, 4) is 10.7 Å². The summed E-state index contributed by atoms with van der Waals surface area (Å²) >= 11 is 2.96. The van der Waals surface area contributed by atoms with E-state index in [1.54, 1.807) is 11.3 Å². The lowest BCUT2D eigenvalue weighted by Gasteiger charge is -2.04. The van der Waals surface area contributed by atoms with Gasteiger partial charge in [-0.1, -0.05) is 41.6 Å². The van der Waals surface area contributed by atoms with Gasteiger partial charge in [-0.2, -0.15) is 0 Å². The van der Waals surface area contributed by atoms with Gasteiger partial charge >= 0.3 is 0 Å². The fraction of sp³-hybridized carbons (Fsp3) is 0.188. The number of carbonyl (C=O) groups excluding carboxylic acids is 1. The SMILES string of the molecule is Cc1ccc(C(=O)CSc2n[nH]c(-c3cccs3)n2)c(C)c1. The van der Waals surface area contributed by atoms with E-state index in [1.165, 1.54) is 11.8 Å². The van der Waals surface area contributed by atoms with Crippen molar-refractivity contribution in [2.24, 2.45) is 0 Å². The van der Waals surface area contributed by atoms with Gasteiger partial charge in [0.25, 0.3) is 0 Å². The Hall–Kier alpha value is -1.92. The highest BCUT2D eigenvalue weighted by atomic mass is 32.2. The third kappa shape index (κ3) is 3.28. The molecule has 2 heterocycles. The smallest absolute Gasteiger partial charge is 0.209 e. The number of aryl methyl sites for hydroxylation is 2. The summed E-state index contributed by atoms with van der Waals surface area (Å²) in [6.45, 7) is 3.99. The number of rotatable bonds is 5. The molecular weight excluding hydrogens is 314 g/mol. The number of ketones is 1. The molecule has 0 aliphatic carbocycles. The Balaban J connectivity index is 1.66. The van der Waals surface area contributed by atoms with Crippen LogP contribution < -0.4 is 0 Å². The van der Waals surface area contributed by atoms with E-state index in [2.05, 4.69) is 15.2 Å². The van der Waals surface area contributed by atoms with Crippen LogP contribution in [-0.4, -0.2) is 26.7 Å². The maximum absolute atomic E-state index is 12.3. The van der Waals surface area contributed by atoms with E-state index in [-0.39, 0.29) is 5.78 Å². The number of aromatic nitrogens is 3. The summed E-state index contributed by atoms with van der Waals surface area (Å²) in [5.74, 6) is 1.19. The van der Waals surface area contributed by atoms with Gasteiger partial charge in [0.15, 0.2) is 11.6 Å². The Labute approximate surface area is 137 Å². The van der Waals surface area contributed by atoms with Gasteiger partial charge in [-0.15, -0.1) is 16.4 Å². The molecule has 0 spiro atoms. The molecule has 112 valence electrons. The van der Waals surface area contributed by atoms with Gasteiger partial charge in [0.1, 0.15) is 0 Å². The first-order valence-electron chi connectivity index (χ1n) is 6.83. The summed E-state index contributed by atoms with van der Waals surface area (Å²) in [5, 5.41) is 9.66. The Morgan fingerprint density at radius 3 is 2.91 bits per heavy atom. The molecule has 1 aromatic carbocycles. The number of carbonyl (C=O) groups is 1. The van der Waals surface area contributed by atoms with Crippen molar-refractivity contribution < 1.29 is 4.79 Å². The van der Waals surface area contributed by atoms with E-state index in [9.17, 15) is 4.79 Å². The lowest BCUT2D eigenvalue weighted by Crippen LogP contribution is -2.05. The molecular formula is C16H15N3OS2. The van der Waals surface area contributed by atoms with Crippen LogP contribution >= 0.6 is 23.1 Å². The second-order valence-corrected chi connectivity index (χ2v) is 6.86. The Kier molecular flexibility index (Phi) is 4.40. The van der Waals surface area contributed by atoms with E-state index >= 15 is 0 Å². The molecule has 0 aliphatic rings. The van der Waals surface area contributed by atoms with Gasteiger partial charge in [-0.3, -0.25) is 9.89 Å². The van der Waals surface area contributed by atoms with Crippen molar-refractivity contribution in [2.75, 3.05) is 5.75 Å². The van der Waals surface area contributed by atoms with Crippen molar-refractivity contribution in [3.63, 3.8) is 0 Å². The number of thiophene rings is 1. The van der Waals surface area contributed by atoms with Crippen LogP contribution in [0.4, 0.5) is 0 Å². The molecule has 0 aliphatic heterocycles. The van der Waals surface area contributed by atoms with Crippen molar-refractivity contribution >= 4 is 28.9 Å². The molecule has 0 saturated heterocycles. The number of Topliss-reactive ketones (excluding diaryl/α,β-unsaturated/α-hetero) is 1. The molecule has 0 unspecified atom stereocenters. The van der Waals surface area contributed by atoms with Crippen LogP contribution in [0.25, 0.3) is 10.7 Å². The average Bonchev–Trinajstić information content (AvgIpc) is 3.16. The highest BCUT2D eigenvalue weighted by molar-refractivity contribution is 7.99.